The van der Waals surface area contributed by atoms with E-state index in [0.717, 1.165) is 5.69 Å². The molecular weight excluding hydrogens is 246 g/mol. The van der Waals surface area contributed by atoms with Crippen molar-refractivity contribution in [1.29, 1.82) is 0 Å². The minimum Gasteiger partial charge on any atom is -0.477 e. The van der Waals surface area contributed by atoms with E-state index < -0.39 is 6.10 Å². The molecule has 1 fully saturated rings. The number of nitrogens with one attached hydrogen (secondary N) is 3. The van der Waals surface area contributed by atoms with Crippen LogP contribution < -0.4 is 20.7 Å². The molecule has 0 radical (unpaired) electrons. The molecule has 2 amide bonds. The molecule has 1 aromatic carbocycles. The molecule has 100 valence electrons. The third-order valence-corrected chi connectivity index (χ3v) is 3.25. The van der Waals surface area contributed by atoms with Gasteiger partial charge in [0.25, 0.3) is 5.91 Å². The van der Waals surface area contributed by atoms with Gasteiger partial charge in [-0.25, -0.2) is 0 Å². The van der Waals surface area contributed by atoms with Gasteiger partial charge in [0.05, 0.1) is 18.3 Å². The summed E-state index contributed by atoms with van der Waals surface area (Å²) >= 11 is 0. The van der Waals surface area contributed by atoms with Gasteiger partial charge in [-0.3, -0.25) is 9.59 Å². The van der Waals surface area contributed by atoms with Crippen LogP contribution in [-0.2, 0) is 9.59 Å². The fourth-order valence-corrected chi connectivity index (χ4v) is 2.26. The van der Waals surface area contributed by atoms with Crippen LogP contribution in [0.25, 0.3) is 0 Å². The lowest BCUT2D eigenvalue weighted by Gasteiger charge is -2.27. The second-order valence-corrected chi connectivity index (χ2v) is 4.70. The highest BCUT2D eigenvalue weighted by molar-refractivity contribution is 5.85. The van der Waals surface area contributed by atoms with Crippen molar-refractivity contribution in [2.24, 2.45) is 0 Å². The zero-order chi connectivity index (χ0) is 13.2. The van der Waals surface area contributed by atoms with Crippen molar-refractivity contribution in [2.45, 2.75) is 18.6 Å². The average Bonchev–Trinajstić information content (AvgIpc) is 2.83. The summed E-state index contributed by atoms with van der Waals surface area (Å²) in [5.41, 5.74) is 0.893. The Balaban J connectivity index is 1.61. The summed E-state index contributed by atoms with van der Waals surface area (Å²) in [5.74, 6) is 0.455. The molecule has 2 aliphatic rings. The highest BCUT2D eigenvalue weighted by Gasteiger charge is 2.29. The Hall–Kier alpha value is -2.24. The van der Waals surface area contributed by atoms with Gasteiger partial charge in [0.15, 0.2) is 6.10 Å². The van der Waals surface area contributed by atoms with E-state index in [4.69, 9.17) is 4.74 Å². The fourth-order valence-electron chi connectivity index (χ4n) is 2.26. The second kappa shape index (κ2) is 4.79. The maximum Gasteiger partial charge on any atom is 0.263 e. The number of hydrogen-bond donors (Lipinski definition) is 3. The molecule has 19 heavy (non-hydrogen) atoms. The van der Waals surface area contributed by atoms with Crippen LogP contribution in [0.3, 0.4) is 0 Å². The van der Waals surface area contributed by atoms with E-state index in [1.807, 2.05) is 24.3 Å². The van der Waals surface area contributed by atoms with Crippen LogP contribution >= 0.6 is 0 Å². The van der Waals surface area contributed by atoms with Crippen molar-refractivity contribution in [3.8, 4) is 5.75 Å². The number of fused-ring (bicyclic) bond motifs is 1. The van der Waals surface area contributed by atoms with E-state index in [0.29, 0.717) is 25.3 Å². The summed E-state index contributed by atoms with van der Waals surface area (Å²) in [6.07, 6.45) is -0.228. The van der Waals surface area contributed by atoms with Crippen molar-refractivity contribution in [2.75, 3.05) is 18.4 Å². The van der Waals surface area contributed by atoms with Crippen molar-refractivity contribution >= 4 is 17.5 Å². The van der Waals surface area contributed by atoms with Crippen LogP contribution in [0, 0.1) is 0 Å². The van der Waals surface area contributed by atoms with Crippen LogP contribution in [0.15, 0.2) is 24.3 Å². The summed E-state index contributed by atoms with van der Waals surface area (Å²) in [5, 5.41) is 8.66. The number of carbonyl (C=O) groups excluding carboxylic acids is 2. The predicted octanol–water partition coefficient (Wildman–Crippen LogP) is -0.136. The molecule has 6 nitrogen and oxygen atoms in total. The molecule has 2 atom stereocenters. The first-order valence-electron chi connectivity index (χ1n) is 6.29. The van der Waals surface area contributed by atoms with Crippen molar-refractivity contribution in [1.82, 2.24) is 10.6 Å². The number of rotatable bonds is 2. The predicted molar refractivity (Wildman–Crippen MR) is 68.9 cm³/mol. The molecule has 2 aliphatic heterocycles. The minimum atomic E-state index is -0.564. The molecule has 0 aliphatic carbocycles. The summed E-state index contributed by atoms with van der Waals surface area (Å²) < 4.78 is 5.65. The van der Waals surface area contributed by atoms with E-state index in [1.165, 1.54) is 0 Å². The van der Waals surface area contributed by atoms with Crippen molar-refractivity contribution < 1.29 is 14.3 Å². The van der Waals surface area contributed by atoms with E-state index in [1.54, 1.807) is 0 Å². The van der Waals surface area contributed by atoms with Crippen molar-refractivity contribution in [3.63, 3.8) is 0 Å². The summed E-state index contributed by atoms with van der Waals surface area (Å²) in [7, 11) is 0. The number of para-hydroxylation sites is 2. The number of carbonyl (C=O) groups is 2. The molecule has 2 unspecified atom stereocenters. The lowest BCUT2D eigenvalue weighted by Crippen LogP contribution is -2.48. The molecule has 1 aromatic rings. The van der Waals surface area contributed by atoms with Gasteiger partial charge >= 0.3 is 0 Å². The average molecular weight is 261 g/mol. The van der Waals surface area contributed by atoms with Gasteiger partial charge in [-0.2, -0.15) is 0 Å². The lowest BCUT2D eigenvalue weighted by atomic mass is 10.2. The maximum absolute atomic E-state index is 12.1. The summed E-state index contributed by atoms with van der Waals surface area (Å²) in [6, 6.07) is 7.36. The Morgan fingerprint density at radius 2 is 2.11 bits per heavy atom. The van der Waals surface area contributed by atoms with Gasteiger partial charge in [-0.05, 0) is 12.1 Å². The first-order valence-corrected chi connectivity index (χ1v) is 6.29. The summed E-state index contributed by atoms with van der Waals surface area (Å²) in [4.78, 5) is 23.1. The molecule has 6 heteroatoms. The van der Waals surface area contributed by atoms with Gasteiger partial charge in [-0.15, -0.1) is 0 Å². The van der Waals surface area contributed by atoms with E-state index in [9.17, 15) is 9.59 Å². The van der Waals surface area contributed by atoms with Crippen LogP contribution in [-0.4, -0.2) is 37.0 Å². The largest absolute Gasteiger partial charge is 0.477 e. The Labute approximate surface area is 110 Å². The van der Waals surface area contributed by atoms with Crippen molar-refractivity contribution in [3.05, 3.63) is 24.3 Å². The fraction of sp³-hybridized carbons (Fsp3) is 0.385. The molecule has 0 saturated carbocycles. The summed E-state index contributed by atoms with van der Waals surface area (Å²) in [6.45, 7) is 0.915. The monoisotopic (exact) mass is 261 g/mol. The van der Waals surface area contributed by atoms with Gasteiger partial charge < -0.3 is 20.7 Å². The van der Waals surface area contributed by atoms with Gasteiger partial charge in [-0.1, -0.05) is 12.1 Å². The Kier molecular flexibility index (Phi) is 2.98. The number of amides is 2. The number of ether oxygens (including phenoxy) is 1. The standard InChI is InChI=1S/C13H15N3O3/c17-12-5-8(6-15-12)16-13(18)11-7-14-9-3-1-2-4-10(9)19-11/h1-4,8,11,14H,5-7H2,(H,15,17)(H,16,18). The molecule has 3 N–H and O–H groups in total. The molecule has 0 bridgehead atoms. The van der Waals surface area contributed by atoms with Crippen LogP contribution in [0.1, 0.15) is 6.42 Å². The van der Waals surface area contributed by atoms with E-state index in [2.05, 4.69) is 16.0 Å². The molecule has 3 rings (SSSR count). The number of benzene rings is 1. The Morgan fingerprint density at radius 1 is 1.26 bits per heavy atom. The van der Waals surface area contributed by atoms with Crippen LogP contribution in [0.5, 0.6) is 5.75 Å². The van der Waals surface area contributed by atoms with Gasteiger partial charge in [0, 0.05) is 13.0 Å². The topological polar surface area (TPSA) is 79.5 Å². The third-order valence-electron chi connectivity index (χ3n) is 3.25. The van der Waals surface area contributed by atoms with Gasteiger partial charge in [0.1, 0.15) is 5.75 Å². The normalized spacial score (nSPS) is 24.7. The molecule has 1 saturated heterocycles. The zero-order valence-corrected chi connectivity index (χ0v) is 10.3. The quantitative estimate of drug-likeness (QED) is 0.692. The highest BCUT2D eigenvalue weighted by Crippen LogP contribution is 2.28. The Morgan fingerprint density at radius 3 is 2.89 bits per heavy atom. The van der Waals surface area contributed by atoms with Crippen LogP contribution in [0.2, 0.25) is 0 Å². The molecule has 0 aromatic heterocycles. The maximum atomic E-state index is 12.1. The second-order valence-electron chi connectivity index (χ2n) is 4.70. The molecule has 0 spiro atoms. The zero-order valence-electron chi connectivity index (χ0n) is 10.3. The lowest BCUT2D eigenvalue weighted by molar-refractivity contribution is -0.128. The Bertz CT molecular complexity index is 518. The SMILES string of the molecule is O=C1CC(NC(=O)C2CNc3ccccc3O2)CN1. The first-order chi connectivity index (χ1) is 9.22. The van der Waals surface area contributed by atoms with E-state index in [-0.39, 0.29) is 17.9 Å². The van der Waals surface area contributed by atoms with Crippen LogP contribution in [0.4, 0.5) is 5.69 Å². The smallest absolute Gasteiger partial charge is 0.263 e. The number of hydrogen-bond acceptors (Lipinski definition) is 4. The molecule has 2 heterocycles. The first kappa shape index (κ1) is 11.8. The number of anilines is 1. The minimum absolute atomic E-state index is 0.0293. The highest BCUT2D eigenvalue weighted by atomic mass is 16.5. The molecular formula is C13H15N3O3. The third kappa shape index (κ3) is 2.47. The van der Waals surface area contributed by atoms with E-state index >= 15 is 0 Å². The van der Waals surface area contributed by atoms with Gasteiger partial charge in [0.2, 0.25) is 5.91 Å².